The van der Waals surface area contributed by atoms with E-state index >= 15 is 0 Å². The number of primary amides is 1. The number of aliphatic hydroxyl groups is 1. The van der Waals surface area contributed by atoms with Crippen molar-refractivity contribution >= 4 is 17.5 Å². The van der Waals surface area contributed by atoms with E-state index in [0.29, 0.717) is 12.1 Å². The molecule has 3 rings (SSSR count). The molecule has 2 amide bonds. The van der Waals surface area contributed by atoms with Crippen molar-refractivity contribution in [3.63, 3.8) is 0 Å². The van der Waals surface area contributed by atoms with E-state index in [1.807, 2.05) is 0 Å². The van der Waals surface area contributed by atoms with Gasteiger partial charge in [-0.25, -0.2) is 4.98 Å². The second-order valence-electron chi connectivity index (χ2n) is 5.56. The number of carbonyl (C=O) groups is 2. The van der Waals surface area contributed by atoms with Crippen molar-refractivity contribution in [3.8, 4) is 0 Å². The van der Waals surface area contributed by atoms with Crippen LogP contribution in [0.25, 0.3) is 5.65 Å². The van der Waals surface area contributed by atoms with Crippen molar-refractivity contribution in [2.45, 2.75) is 37.8 Å². The Morgan fingerprint density at radius 1 is 1.32 bits per heavy atom. The molecule has 0 saturated heterocycles. The molecular formula is C15H18N4O3. The Morgan fingerprint density at radius 3 is 2.82 bits per heavy atom. The second kappa shape index (κ2) is 5.76. The first-order valence-corrected chi connectivity index (χ1v) is 7.33. The number of imidazole rings is 1. The Morgan fingerprint density at radius 2 is 2.09 bits per heavy atom. The van der Waals surface area contributed by atoms with E-state index in [-0.39, 0.29) is 23.3 Å². The molecule has 0 unspecified atom stereocenters. The number of fused-ring (bicyclic) bond motifs is 1. The maximum atomic E-state index is 12.3. The number of nitrogens with zero attached hydrogens (tertiary/aromatic N) is 2. The van der Waals surface area contributed by atoms with Crippen LogP contribution in [-0.2, 0) is 0 Å². The van der Waals surface area contributed by atoms with E-state index in [4.69, 9.17) is 5.73 Å². The summed E-state index contributed by atoms with van der Waals surface area (Å²) in [5.74, 6) is -0.942. The van der Waals surface area contributed by atoms with E-state index in [9.17, 15) is 14.7 Å². The molecule has 2 heterocycles. The monoisotopic (exact) mass is 302 g/mol. The van der Waals surface area contributed by atoms with Crippen LogP contribution in [-0.4, -0.2) is 38.5 Å². The minimum atomic E-state index is -0.585. The highest BCUT2D eigenvalue weighted by Gasteiger charge is 2.25. The number of nitrogens with one attached hydrogen (secondary N) is 1. The maximum absolute atomic E-state index is 12.3. The minimum absolute atomic E-state index is 0.200. The topological polar surface area (TPSA) is 110 Å². The molecule has 0 aromatic carbocycles. The van der Waals surface area contributed by atoms with Crippen molar-refractivity contribution < 1.29 is 14.7 Å². The molecule has 2 aromatic heterocycles. The molecule has 1 fully saturated rings. The van der Waals surface area contributed by atoms with Crippen molar-refractivity contribution in [3.05, 3.63) is 35.8 Å². The van der Waals surface area contributed by atoms with Crippen molar-refractivity contribution in [2.24, 2.45) is 5.73 Å². The van der Waals surface area contributed by atoms with Crippen molar-refractivity contribution in [1.82, 2.24) is 14.7 Å². The summed E-state index contributed by atoms with van der Waals surface area (Å²) in [6.45, 7) is 0. The summed E-state index contributed by atoms with van der Waals surface area (Å²) in [4.78, 5) is 27.9. The van der Waals surface area contributed by atoms with Gasteiger partial charge in [-0.1, -0.05) is 18.9 Å². The lowest BCUT2D eigenvalue weighted by Crippen LogP contribution is -2.45. The zero-order valence-corrected chi connectivity index (χ0v) is 12.0. The van der Waals surface area contributed by atoms with Gasteiger partial charge in [0.2, 0.25) is 0 Å². The van der Waals surface area contributed by atoms with Crippen LogP contribution >= 0.6 is 0 Å². The lowest BCUT2D eigenvalue weighted by molar-refractivity contribution is 0.0714. The molecule has 0 spiro atoms. The van der Waals surface area contributed by atoms with Crippen LogP contribution in [0.1, 0.15) is 46.7 Å². The standard InChI is InChI=1S/C15H18N4O3/c16-14(21)11-5-3-7-13-17-10(8-19(11)13)15(22)18-9-4-1-2-6-12(9)20/h3,5,7-9,12,20H,1-2,4,6H2,(H2,16,21)(H,18,22)/t9-,12-/m1/s1. The average Bonchev–Trinajstić information content (AvgIpc) is 2.93. The molecule has 0 aliphatic heterocycles. The van der Waals surface area contributed by atoms with Gasteiger partial charge in [-0.05, 0) is 25.0 Å². The van der Waals surface area contributed by atoms with Crippen LogP contribution in [0.5, 0.6) is 0 Å². The quantitative estimate of drug-likeness (QED) is 0.765. The molecule has 116 valence electrons. The molecule has 7 heteroatoms. The number of hydrogen-bond donors (Lipinski definition) is 3. The molecule has 2 atom stereocenters. The Labute approximate surface area is 127 Å². The number of pyridine rings is 1. The number of hydrogen-bond acceptors (Lipinski definition) is 4. The van der Waals surface area contributed by atoms with E-state index in [0.717, 1.165) is 19.3 Å². The van der Waals surface area contributed by atoms with Gasteiger partial charge in [0.25, 0.3) is 11.8 Å². The third-order valence-electron chi connectivity index (χ3n) is 4.02. The minimum Gasteiger partial charge on any atom is -0.391 e. The van der Waals surface area contributed by atoms with Crippen LogP contribution < -0.4 is 11.1 Å². The van der Waals surface area contributed by atoms with Gasteiger partial charge >= 0.3 is 0 Å². The number of aliphatic hydroxyl groups excluding tert-OH is 1. The summed E-state index contributed by atoms with van der Waals surface area (Å²) in [5.41, 5.74) is 6.26. The molecule has 0 radical (unpaired) electrons. The van der Waals surface area contributed by atoms with Gasteiger partial charge in [-0.3, -0.25) is 14.0 Å². The van der Waals surface area contributed by atoms with Gasteiger partial charge in [0.1, 0.15) is 17.0 Å². The van der Waals surface area contributed by atoms with Gasteiger partial charge in [0, 0.05) is 6.20 Å². The van der Waals surface area contributed by atoms with E-state index < -0.39 is 12.0 Å². The van der Waals surface area contributed by atoms with E-state index in [1.165, 1.54) is 10.6 Å². The third kappa shape index (κ3) is 2.67. The first-order chi connectivity index (χ1) is 10.6. The fourth-order valence-electron chi connectivity index (χ4n) is 2.84. The average molecular weight is 302 g/mol. The molecular weight excluding hydrogens is 284 g/mol. The predicted molar refractivity (Wildman–Crippen MR) is 79.4 cm³/mol. The summed E-state index contributed by atoms with van der Waals surface area (Å²) < 4.78 is 1.49. The molecule has 22 heavy (non-hydrogen) atoms. The van der Waals surface area contributed by atoms with E-state index in [2.05, 4.69) is 10.3 Å². The summed E-state index contributed by atoms with van der Waals surface area (Å²) >= 11 is 0. The molecule has 1 aliphatic carbocycles. The van der Waals surface area contributed by atoms with Gasteiger partial charge in [0.15, 0.2) is 0 Å². The Bertz CT molecular complexity index is 725. The Balaban J connectivity index is 1.85. The Kier molecular flexibility index (Phi) is 3.81. The predicted octanol–water partition coefficient (Wildman–Crippen LogP) is 0.466. The lowest BCUT2D eigenvalue weighted by atomic mass is 9.92. The summed E-state index contributed by atoms with van der Waals surface area (Å²) in [5, 5.41) is 12.7. The molecule has 7 nitrogen and oxygen atoms in total. The fourth-order valence-corrected chi connectivity index (χ4v) is 2.84. The lowest BCUT2D eigenvalue weighted by Gasteiger charge is -2.27. The zero-order chi connectivity index (χ0) is 15.7. The molecule has 4 N–H and O–H groups in total. The van der Waals surface area contributed by atoms with Crippen molar-refractivity contribution in [1.29, 1.82) is 0 Å². The molecule has 1 aliphatic rings. The zero-order valence-electron chi connectivity index (χ0n) is 12.0. The number of rotatable bonds is 3. The summed E-state index contributed by atoms with van der Waals surface area (Å²) in [7, 11) is 0. The van der Waals surface area contributed by atoms with Crippen LogP contribution in [0.15, 0.2) is 24.4 Å². The Hall–Kier alpha value is -2.41. The second-order valence-corrected chi connectivity index (χ2v) is 5.56. The number of aromatic nitrogens is 2. The highest BCUT2D eigenvalue weighted by Crippen LogP contribution is 2.19. The summed E-state index contributed by atoms with van der Waals surface area (Å²) in [6.07, 6.45) is 4.38. The van der Waals surface area contributed by atoms with Crippen LogP contribution in [0.4, 0.5) is 0 Å². The smallest absolute Gasteiger partial charge is 0.271 e. The third-order valence-corrected chi connectivity index (χ3v) is 4.02. The molecule has 1 saturated carbocycles. The maximum Gasteiger partial charge on any atom is 0.271 e. The van der Waals surface area contributed by atoms with Gasteiger partial charge in [-0.15, -0.1) is 0 Å². The van der Waals surface area contributed by atoms with Crippen LogP contribution in [0.3, 0.4) is 0 Å². The van der Waals surface area contributed by atoms with Crippen molar-refractivity contribution in [2.75, 3.05) is 0 Å². The number of carbonyl (C=O) groups excluding carboxylic acids is 2. The number of amides is 2. The normalized spacial score (nSPS) is 21.7. The van der Waals surface area contributed by atoms with Gasteiger partial charge < -0.3 is 16.2 Å². The summed E-state index contributed by atoms with van der Waals surface area (Å²) in [6, 6.07) is 4.68. The van der Waals surface area contributed by atoms with Gasteiger partial charge in [0.05, 0.1) is 12.1 Å². The largest absolute Gasteiger partial charge is 0.391 e. The first kappa shape index (κ1) is 14.5. The van der Waals surface area contributed by atoms with E-state index in [1.54, 1.807) is 18.2 Å². The highest BCUT2D eigenvalue weighted by atomic mass is 16.3. The first-order valence-electron chi connectivity index (χ1n) is 7.33. The SMILES string of the molecule is NC(=O)c1cccc2nc(C(=O)N[C@@H]3CCCC[C@H]3O)cn12. The van der Waals surface area contributed by atoms with Gasteiger partial charge in [-0.2, -0.15) is 0 Å². The van der Waals surface area contributed by atoms with Crippen LogP contribution in [0.2, 0.25) is 0 Å². The molecule has 0 bridgehead atoms. The highest BCUT2D eigenvalue weighted by molar-refractivity contribution is 5.95. The fraction of sp³-hybridized carbons (Fsp3) is 0.400. The molecule has 2 aromatic rings. The number of nitrogens with two attached hydrogens (primary N) is 1. The van der Waals surface area contributed by atoms with Crippen LogP contribution in [0, 0.1) is 0 Å².